The van der Waals surface area contributed by atoms with Gasteiger partial charge in [-0.05, 0) is 12.1 Å². The number of hydrogen-bond acceptors (Lipinski definition) is 8. The lowest BCUT2D eigenvalue weighted by Gasteiger charge is -2.37. The van der Waals surface area contributed by atoms with E-state index >= 15 is 4.39 Å². The van der Waals surface area contributed by atoms with E-state index in [1.54, 1.807) is 18.5 Å². The Kier molecular flexibility index (Phi) is 6.54. The third kappa shape index (κ3) is 4.33. The van der Waals surface area contributed by atoms with Gasteiger partial charge in [-0.3, -0.25) is 4.79 Å². The van der Waals surface area contributed by atoms with Crippen molar-refractivity contribution in [2.24, 2.45) is 0 Å². The van der Waals surface area contributed by atoms with E-state index in [-0.39, 0.29) is 30.8 Å². The van der Waals surface area contributed by atoms with Crippen molar-refractivity contribution in [3.05, 3.63) is 52.3 Å². The van der Waals surface area contributed by atoms with Crippen LogP contribution in [-0.2, 0) is 6.54 Å². The predicted octanol–water partition coefficient (Wildman–Crippen LogP) is 1.55. The first kappa shape index (κ1) is 23.3. The number of ether oxygens (including phenoxy) is 1. The number of rotatable bonds is 7. The highest BCUT2D eigenvalue weighted by Gasteiger charge is 2.29. The van der Waals surface area contributed by atoms with Gasteiger partial charge in [-0.25, -0.2) is 19.2 Å². The van der Waals surface area contributed by atoms with Gasteiger partial charge < -0.3 is 29.3 Å². The van der Waals surface area contributed by atoms with E-state index in [9.17, 15) is 28.6 Å². The van der Waals surface area contributed by atoms with Crippen LogP contribution in [0.4, 0.5) is 24.8 Å². The molecule has 3 aromatic rings. The highest BCUT2D eigenvalue weighted by Crippen LogP contribution is 2.39. The third-order valence-electron chi connectivity index (χ3n) is 5.45. The molecule has 0 spiro atoms. The number of aromatic nitrogens is 3. The minimum Gasteiger partial charge on any atom is -0.477 e. The number of aromatic carboxylic acids is 1. The van der Waals surface area contributed by atoms with E-state index in [1.807, 2.05) is 4.90 Å². The van der Waals surface area contributed by atoms with Crippen LogP contribution in [0.15, 0.2) is 35.5 Å². The smallest absolute Gasteiger partial charge is 0.387 e. The van der Waals surface area contributed by atoms with E-state index in [1.165, 1.54) is 4.90 Å². The van der Waals surface area contributed by atoms with Crippen LogP contribution in [0, 0.1) is 5.82 Å². The molecule has 180 valence electrons. The van der Waals surface area contributed by atoms with Gasteiger partial charge in [-0.15, -0.1) is 0 Å². The van der Waals surface area contributed by atoms with Crippen molar-refractivity contribution >= 4 is 28.5 Å². The Bertz CT molecular complexity index is 1260. The van der Waals surface area contributed by atoms with Gasteiger partial charge >= 0.3 is 12.6 Å². The number of nitrogens with zero attached hydrogens (tertiary/aromatic N) is 5. The highest BCUT2D eigenvalue weighted by molar-refractivity contribution is 5.97. The third-order valence-corrected chi connectivity index (χ3v) is 5.45. The van der Waals surface area contributed by atoms with E-state index in [2.05, 4.69) is 9.97 Å². The SMILES string of the molecule is O=C(O)c1cn(CCO)c2c(OC(F)F)c(N3CCN(c4ncccn4)CC3)c(F)cc2c1=O. The molecule has 1 aliphatic heterocycles. The minimum atomic E-state index is -3.35. The monoisotopic (exact) mass is 479 g/mol. The Morgan fingerprint density at radius 1 is 1.15 bits per heavy atom. The number of carbonyl (C=O) groups is 1. The van der Waals surface area contributed by atoms with Gasteiger partial charge in [-0.2, -0.15) is 8.78 Å². The molecule has 13 heteroatoms. The second kappa shape index (κ2) is 9.55. The maximum absolute atomic E-state index is 15.3. The van der Waals surface area contributed by atoms with Crippen molar-refractivity contribution in [1.29, 1.82) is 0 Å². The number of fused-ring (bicyclic) bond motifs is 1. The first-order valence-electron chi connectivity index (χ1n) is 10.3. The maximum Gasteiger partial charge on any atom is 0.387 e. The number of aliphatic hydroxyl groups excluding tert-OH is 1. The average molecular weight is 479 g/mol. The normalized spacial score (nSPS) is 14.1. The van der Waals surface area contributed by atoms with Gasteiger partial charge in [-0.1, -0.05) is 0 Å². The summed E-state index contributed by atoms with van der Waals surface area (Å²) in [5.74, 6) is -2.71. The van der Waals surface area contributed by atoms with Crippen LogP contribution in [-0.4, -0.2) is 70.1 Å². The predicted molar refractivity (Wildman–Crippen MR) is 115 cm³/mol. The molecule has 0 bridgehead atoms. The van der Waals surface area contributed by atoms with Crippen LogP contribution in [0.25, 0.3) is 10.9 Å². The molecule has 3 heterocycles. The average Bonchev–Trinajstić information content (AvgIpc) is 2.81. The summed E-state index contributed by atoms with van der Waals surface area (Å²) in [4.78, 5) is 35.9. The zero-order chi connectivity index (χ0) is 24.4. The number of piperazine rings is 1. The van der Waals surface area contributed by atoms with Crippen LogP contribution in [0.1, 0.15) is 10.4 Å². The molecule has 0 amide bonds. The van der Waals surface area contributed by atoms with Gasteiger partial charge in [0.15, 0.2) is 11.6 Å². The molecule has 10 nitrogen and oxygen atoms in total. The van der Waals surface area contributed by atoms with Crippen LogP contribution in [0.5, 0.6) is 5.75 Å². The molecule has 0 unspecified atom stereocenters. The summed E-state index contributed by atoms with van der Waals surface area (Å²) in [6.45, 7) is -2.95. The van der Waals surface area contributed by atoms with E-state index in [0.29, 0.717) is 19.0 Å². The summed E-state index contributed by atoms with van der Waals surface area (Å²) in [6, 6.07) is 2.48. The molecule has 0 radical (unpaired) electrons. The molecule has 2 aromatic heterocycles. The number of benzene rings is 1. The fraction of sp³-hybridized carbons (Fsp3) is 0.333. The summed E-state index contributed by atoms with van der Waals surface area (Å²) in [7, 11) is 0. The summed E-state index contributed by atoms with van der Waals surface area (Å²) < 4.78 is 48.0. The Hall–Kier alpha value is -3.87. The van der Waals surface area contributed by atoms with Gasteiger partial charge in [0.2, 0.25) is 11.4 Å². The summed E-state index contributed by atoms with van der Waals surface area (Å²) in [6.07, 6.45) is 4.09. The Balaban J connectivity index is 1.84. The van der Waals surface area contributed by atoms with Gasteiger partial charge in [0.25, 0.3) is 0 Å². The number of hydrogen-bond donors (Lipinski definition) is 2. The first-order chi connectivity index (χ1) is 16.3. The Morgan fingerprint density at radius 2 is 1.79 bits per heavy atom. The van der Waals surface area contributed by atoms with Crippen LogP contribution in [0.3, 0.4) is 0 Å². The van der Waals surface area contributed by atoms with Crippen molar-refractivity contribution in [2.75, 3.05) is 42.6 Å². The molecule has 0 aliphatic carbocycles. The van der Waals surface area contributed by atoms with E-state index in [4.69, 9.17) is 4.74 Å². The zero-order valence-corrected chi connectivity index (χ0v) is 17.7. The zero-order valence-electron chi connectivity index (χ0n) is 17.7. The quantitative estimate of drug-likeness (QED) is 0.520. The number of anilines is 2. The molecule has 0 atom stereocenters. The minimum absolute atomic E-state index is 0.206. The highest BCUT2D eigenvalue weighted by atomic mass is 19.3. The van der Waals surface area contributed by atoms with Crippen molar-refractivity contribution in [3.8, 4) is 5.75 Å². The molecule has 1 aliphatic rings. The van der Waals surface area contributed by atoms with Gasteiger partial charge in [0.05, 0.1) is 17.5 Å². The molecule has 1 aromatic carbocycles. The van der Waals surface area contributed by atoms with Gasteiger partial charge in [0, 0.05) is 51.3 Å². The number of aliphatic hydroxyl groups is 1. The largest absolute Gasteiger partial charge is 0.477 e. The summed E-state index contributed by atoms with van der Waals surface area (Å²) in [5.41, 5.74) is -2.25. The number of pyridine rings is 1. The lowest BCUT2D eigenvalue weighted by atomic mass is 10.1. The molecular weight excluding hydrogens is 459 g/mol. The topological polar surface area (TPSA) is 121 Å². The maximum atomic E-state index is 15.3. The first-order valence-corrected chi connectivity index (χ1v) is 10.3. The number of halogens is 3. The van der Waals surface area contributed by atoms with Crippen molar-refractivity contribution < 1.29 is 32.9 Å². The Labute approximate surface area is 190 Å². The molecule has 1 fully saturated rings. The van der Waals surface area contributed by atoms with E-state index in [0.717, 1.165) is 16.8 Å². The molecule has 2 N–H and O–H groups in total. The molecule has 1 saturated heterocycles. The number of alkyl halides is 2. The molecular formula is C21H20F3N5O5. The van der Waals surface area contributed by atoms with Crippen LogP contribution >= 0.6 is 0 Å². The second-order valence-electron chi connectivity index (χ2n) is 7.43. The van der Waals surface area contributed by atoms with Gasteiger partial charge in [0.1, 0.15) is 11.3 Å². The van der Waals surface area contributed by atoms with Crippen molar-refractivity contribution in [2.45, 2.75) is 13.2 Å². The summed E-state index contributed by atoms with van der Waals surface area (Å²) >= 11 is 0. The van der Waals surface area contributed by atoms with Crippen molar-refractivity contribution in [1.82, 2.24) is 14.5 Å². The Morgan fingerprint density at radius 3 is 2.38 bits per heavy atom. The number of carboxylic acid groups (broad SMARTS) is 1. The molecule has 4 rings (SSSR count). The number of carboxylic acids is 1. The fourth-order valence-corrected chi connectivity index (χ4v) is 4.01. The lowest BCUT2D eigenvalue weighted by Crippen LogP contribution is -2.47. The van der Waals surface area contributed by atoms with Crippen LogP contribution in [0.2, 0.25) is 0 Å². The molecule has 34 heavy (non-hydrogen) atoms. The standard InChI is InChI=1S/C21H20F3N5O5/c22-14-10-12-15(29(8-9-30)11-13(17(12)31)19(32)33)18(34-20(23)24)16(14)27-4-6-28(7-5-27)21-25-2-1-3-26-21/h1-3,10-11,20,30H,4-9H2,(H,32,33). The van der Waals surface area contributed by atoms with Crippen molar-refractivity contribution in [3.63, 3.8) is 0 Å². The van der Waals surface area contributed by atoms with Crippen LogP contribution < -0.4 is 20.0 Å². The molecule has 0 saturated carbocycles. The second-order valence-corrected chi connectivity index (χ2v) is 7.43. The fourth-order valence-electron chi connectivity index (χ4n) is 4.01. The van der Waals surface area contributed by atoms with E-state index < -0.39 is 47.1 Å². The lowest BCUT2D eigenvalue weighted by molar-refractivity contribution is -0.0488. The summed E-state index contributed by atoms with van der Waals surface area (Å²) in [5, 5.41) is 18.3.